The van der Waals surface area contributed by atoms with E-state index in [0.717, 1.165) is 12.3 Å². The van der Waals surface area contributed by atoms with E-state index in [-0.39, 0.29) is 58.6 Å². The van der Waals surface area contributed by atoms with Crippen LogP contribution >= 0.6 is 0 Å². The number of alkyl halides is 2. The number of hydrogen-bond acceptors (Lipinski definition) is 9. The number of nitrogens with one attached hydrogen (secondary N) is 3. The van der Waals surface area contributed by atoms with Gasteiger partial charge in [-0.2, -0.15) is 0 Å². The summed E-state index contributed by atoms with van der Waals surface area (Å²) in [5.74, 6) is -1.91. The molecular weight excluding hydrogens is 515 g/mol. The van der Waals surface area contributed by atoms with Crippen LogP contribution in [0.3, 0.4) is 0 Å². The molecule has 0 bridgehead atoms. The van der Waals surface area contributed by atoms with Crippen molar-refractivity contribution >= 4 is 33.0 Å². The third kappa shape index (κ3) is 7.38. The van der Waals surface area contributed by atoms with Crippen LogP contribution in [0.1, 0.15) is 49.5 Å². The standard InChI is InChI=1S/C23H28F3N5O5S/c1-22(2,33)19(27)14-8-13(21(32)31-23(3)4-6-37(34,35)7-5-23)10-29-20(14)30-16-9-18(28-11-15(16)24)36-12-17(25)26/h8-11,17,27,33H,4-7,12H2,1-3H3,(H,31,32)(H,28,29,30). The van der Waals surface area contributed by atoms with E-state index in [4.69, 9.17) is 10.1 Å². The van der Waals surface area contributed by atoms with Gasteiger partial charge >= 0.3 is 0 Å². The van der Waals surface area contributed by atoms with Gasteiger partial charge in [-0.1, -0.05) is 0 Å². The number of aliphatic hydroxyl groups is 1. The first-order chi connectivity index (χ1) is 17.1. The Bertz CT molecular complexity index is 1280. The molecule has 37 heavy (non-hydrogen) atoms. The molecule has 0 aromatic carbocycles. The molecule has 2 aromatic rings. The van der Waals surface area contributed by atoms with E-state index in [1.54, 1.807) is 6.92 Å². The molecule has 2 aromatic heterocycles. The zero-order valence-corrected chi connectivity index (χ0v) is 21.3. The number of aromatic nitrogens is 2. The number of halogens is 3. The zero-order valence-electron chi connectivity index (χ0n) is 20.4. The average Bonchev–Trinajstić information content (AvgIpc) is 2.81. The smallest absolute Gasteiger partial charge is 0.272 e. The van der Waals surface area contributed by atoms with Gasteiger partial charge in [-0.05, 0) is 39.7 Å². The Kier molecular flexibility index (Phi) is 8.12. The largest absolute Gasteiger partial charge is 0.472 e. The van der Waals surface area contributed by atoms with Crippen molar-refractivity contribution in [2.45, 2.75) is 51.2 Å². The molecule has 3 heterocycles. The van der Waals surface area contributed by atoms with Gasteiger partial charge in [0.1, 0.15) is 21.3 Å². The summed E-state index contributed by atoms with van der Waals surface area (Å²) < 4.78 is 67.7. The highest BCUT2D eigenvalue weighted by atomic mass is 32.2. The normalized spacial score (nSPS) is 16.8. The van der Waals surface area contributed by atoms with Gasteiger partial charge in [0.05, 0.1) is 34.7 Å². The number of nitrogens with zero attached hydrogens (tertiary/aromatic N) is 2. The van der Waals surface area contributed by atoms with Crippen molar-refractivity contribution in [3.05, 3.63) is 41.5 Å². The molecule has 1 aliphatic heterocycles. The third-order valence-corrected chi connectivity index (χ3v) is 7.47. The van der Waals surface area contributed by atoms with Gasteiger partial charge < -0.3 is 25.9 Å². The summed E-state index contributed by atoms with van der Waals surface area (Å²) in [6.07, 6.45) is -0.357. The van der Waals surface area contributed by atoms with E-state index in [1.165, 1.54) is 26.1 Å². The minimum absolute atomic E-state index is 0.0252. The quantitative estimate of drug-likeness (QED) is 0.352. The van der Waals surface area contributed by atoms with Crippen molar-refractivity contribution < 1.29 is 36.2 Å². The topological polar surface area (TPSA) is 154 Å². The Balaban J connectivity index is 1.91. The van der Waals surface area contributed by atoms with Crippen molar-refractivity contribution in [3.63, 3.8) is 0 Å². The zero-order chi connectivity index (χ0) is 27.6. The lowest BCUT2D eigenvalue weighted by molar-refractivity contribution is 0.0795. The highest BCUT2D eigenvalue weighted by Crippen LogP contribution is 2.28. The fraction of sp³-hybridized carbons (Fsp3) is 0.478. The minimum Gasteiger partial charge on any atom is -0.472 e. The fourth-order valence-corrected chi connectivity index (χ4v) is 5.27. The average molecular weight is 544 g/mol. The van der Waals surface area contributed by atoms with Crippen molar-refractivity contribution in [2.24, 2.45) is 0 Å². The molecule has 0 spiro atoms. The Labute approximate surface area is 212 Å². The molecule has 202 valence electrons. The van der Waals surface area contributed by atoms with Gasteiger partial charge in [-0.3, -0.25) is 4.79 Å². The second-order valence-electron chi connectivity index (χ2n) is 9.55. The molecule has 1 aliphatic rings. The number of amides is 1. The molecule has 0 atom stereocenters. The number of ether oxygens (including phenoxy) is 1. The summed E-state index contributed by atoms with van der Waals surface area (Å²) in [7, 11) is -3.15. The van der Waals surface area contributed by atoms with E-state index in [9.17, 15) is 31.5 Å². The highest BCUT2D eigenvalue weighted by molar-refractivity contribution is 7.91. The van der Waals surface area contributed by atoms with E-state index in [1.807, 2.05) is 0 Å². The number of carbonyl (C=O) groups excluding carboxylic acids is 1. The second kappa shape index (κ2) is 10.6. The van der Waals surface area contributed by atoms with Crippen LogP contribution in [0.4, 0.5) is 24.7 Å². The van der Waals surface area contributed by atoms with Crippen LogP contribution in [-0.2, 0) is 9.84 Å². The van der Waals surface area contributed by atoms with Gasteiger partial charge in [0.2, 0.25) is 5.88 Å². The first-order valence-electron chi connectivity index (χ1n) is 11.3. The molecular formula is C23H28F3N5O5S. The molecule has 3 rings (SSSR count). The van der Waals surface area contributed by atoms with Crippen LogP contribution in [-0.4, -0.2) is 70.8 Å². The minimum atomic E-state index is -3.15. The molecule has 0 radical (unpaired) electrons. The first-order valence-corrected chi connectivity index (χ1v) is 13.1. The predicted octanol–water partition coefficient (Wildman–Crippen LogP) is 2.84. The molecule has 1 fully saturated rings. The Morgan fingerprint density at radius 2 is 1.89 bits per heavy atom. The monoisotopic (exact) mass is 543 g/mol. The second-order valence-corrected chi connectivity index (χ2v) is 11.9. The number of sulfone groups is 1. The lowest BCUT2D eigenvalue weighted by Crippen LogP contribution is -2.51. The summed E-state index contributed by atoms with van der Waals surface area (Å²) in [6, 6.07) is 2.33. The summed E-state index contributed by atoms with van der Waals surface area (Å²) in [6.45, 7) is 3.49. The summed E-state index contributed by atoms with van der Waals surface area (Å²) in [5, 5.41) is 24.3. The number of rotatable bonds is 9. The highest BCUT2D eigenvalue weighted by Gasteiger charge is 2.35. The molecule has 1 saturated heterocycles. The SMILES string of the molecule is CC1(NC(=O)c2cnc(Nc3cc(OCC(F)F)ncc3F)c(C(=N)C(C)(C)O)c2)CCS(=O)(=O)CC1. The van der Waals surface area contributed by atoms with Gasteiger partial charge in [0.25, 0.3) is 12.3 Å². The van der Waals surface area contributed by atoms with Crippen LogP contribution in [0.2, 0.25) is 0 Å². The molecule has 0 aliphatic carbocycles. The van der Waals surface area contributed by atoms with Crippen molar-refractivity contribution in [3.8, 4) is 5.88 Å². The maximum Gasteiger partial charge on any atom is 0.272 e. The molecule has 14 heteroatoms. The number of carbonyl (C=O) groups is 1. The van der Waals surface area contributed by atoms with Crippen LogP contribution in [0, 0.1) is 11.2 Å². The number of hydrogen-bond donors (Lipinski definition) is 4. The lowest BCUT2D eigenvalue weighted by Gasteiger charge is -2.34. The van der Waals surface area contributed by atoms with Crippen LogP contribution in [0.5, 0.6) is 5.88 Å². The summed E-state index contributed by atoms with van der Waals surface area (Å²) in [4.78, 5) is 20.7. The van der Waals surface area contributed by atoms with E-state index in [2.05, 4.69) is 20.6 Å². The molecule has 10 nitrogen and oxygen atoms in total. The van der Waals surface area contributed by atoms with Crippen LogP contribution in [0.25, 0.3) is 0 Å². The van der Waals surface area contributed by atoms with E-state index < -0.39 is 45.7 Å². The van der Waals surface area contributed by atoms with Crippen molar-refractivity contribution in [1.82, 2.24) is 15.3 Å². The maximum absolute atomic E-state index is 14.4. The van der Waals surface area contributed by atoms with Crippen LogP contribution in [0.15, 0.2) is 24.5 Å². The van der Waals surface area contributed by atoms with Gasteiger partial charge in [-0.15, -0.1) is 0 Å². The van der Waals surface area contributed by atoms with E-state index in [0.29, 0.717) is 0 Å². The van der Waals surface area contributed by atoms with Gasteiger partial charge in [-0.25, -0.2) is 31.6 Å². The maximum atomic E-state index is 14.4. The lowest BCUT2D eigenvalue weighted by atomic mass is 9.93. The number of pyridine rings is 2. The Hall–Kier alpha value is -3.26. The molecule has 1 amide bonds. The number of anilines is 2. The Morgan fingerprint density at radius 1 is 1.24 bits per heavy atom. The van der Waals surface area contributed by atoms with E-state index >= 15 is 0 Å². The predicted molar refractivity (Wildman–Crippen MR) is 130 cm³/mol. The van der Waals surface area contributed by atoms with Crippen molar-refractivity contribution in [1.29, 1.82) is 5.41 Å². The first kappa shape index (κ1) is 28.3. The Morgan fingerprint density at radius 3 is 2.49 bits per heavy atom. The molecule has 0 saturated carbocycles. The molecule has 0 unspecified atom stereocenters. The van der Waals surface area contributed by atoms with Crippen molar-refractivity contribution in [2.75, 3.05) is 23.4 Å². The van der Waals surface area contributed by atoms with Gasteiger partial charge in [0.15, 0.2) is 12.4 Å². The van der Waals surface area contributed by atoms with Crippen LogP contribution < -0.4 is 15.4 Å². The summed E-state index contributed by atoms with van der Waals surface area (Å²) in [5.41, 5.74) is -3.01. The fourth-order valence-electron chi connectivity index (χ4n) is 3.54. The third-order valence-electron chi connectivity index (χ3n) is 5.82. The summed E-state index contributed by atoms with van der Waals surface area (Å²) >= 11 is 0. The van der Waals surface area contributed by atoms with Gasteiger partial charge in [0, 0.05) is 23.4 Å². The molecule has 4 N–H and O–H groups in total.